The van der Waals surface area contributed by atoms with E-state index in [9.17, 15) is 4.79 Å². The predicted molar refractivity (Wildman–Crippen MR) is 92.9 cm³/mol. The van der Waals surface area contributed by atoms with E-state index in [1.54, 1.807) is 24.2 Å². The van der Waals surface area contributed by atoms with Crippen molar-refractivity contribution in [3.05, 3.63) is 54.5 Å². The minimum Gasteiger partial charge on any atom is -0.396 e. The van der Waals surface area contributed by atoms with Crippen molar-refractivity contribution in [2.45, 2.75) is 11.3 Å². The van der Waals surface area contributed by atoms with Crippen LogP contribution in [-0.4, -0.2) is 33.3 Å². The van der Waals surface area contributed by atoms with Gasteiger partial charge in [0.05, 0.1) is 11.9 Å². The average molecular weight is 327 g/mol. The maximum Gasteiger partial charge on any atom is 0.272 e. The van der Waals surface area contributed by atoms with E-state index in [0.29, 0.717) is 17.8 Å². The number of benzene rings is 1. The molecule has 23 heavy (non-hydrogen) atoms. The van der Waals surface area contributed by atoms with Crippen molar-refractivity contribution in [2.75, 3.05) is 17.7 Å². The number of pyridine rings is 1. The van der Waals surface area contributed by atoms with Gasteiger partial charge in [0.25, 0.3) is 5.91 Å². The number of thioether (sulfide) groups is 1. The van der Waals surface area contributed by atoms with E-state index >= 15 is 0 Å². The fraction of sp³-hybridized carbons (Fsp3) is 0.176. The Morgan fingerprint density at radius 1 is 1.30 bits per heavy atom. The Bertz CT molecular complexity index is 783. The number of carbonyl (C=O) groups excluding carboxylic acids is 1. The summed E-state index contributed by atoms with van der Waals surface area (Å²) >= 11 is 1.59. The van der Waals surface area contributed by atoms with Crippen molar-refractivity contribution in [1.82, 2.24) is 9.97 Å². The smallest absolute Gasteiger partial charge is 0.272 e. The minimum absolute atomic E-state index is 0.162. The van der Waals surface area contributed by atoms with Crippen LogP contribution >= 0.6 is 11.8 Å². The van der Waals surface area contributed by atoms with Crippen LogP contribution < -0.4 is 5.32 Å². The number of nitrogens with zero attached hydrogens (tertiary/aromatic N) is 1. The number of aliphatic hydroxyl groups excluding tert-OH is 1. The first-order chi connectivity index (χ1) is 11.3. The molecule has 118 valence electrons. The first-order valence-electron chi connectivity index (χ1n) is 7.34. The van der Waals surface area contributed by atoms with E-state index in [1.165, 1.54) is 0 Å². The number of para-hydroxylation sites is 1. The zero-order valence-electron chi connectivity index (χ0n) is 12.5. The van der Waals surface area contributed by atoms with Crippen molar-refractivity contribution in [2.24, 2.45) is 0 Å². The number of aliphatic hydroxyl groups is 1. The van der Waals surface area contributed by atoms with Crippen molar-refractivity contribution in [3.63, 3.8) is 0 Å². The van der Waals surface area contributed by atoms with Crippen molar-refractivity contribution in [1.29, 1.82) is 0 Å². The lowest BCUT2D eigenvalue weighted by Gasteiger charge is -2.09. The highest BCUT2D eigenvalue weighted by Gasteiger charge is 2.12. The molecule has 0 saturated heterocycles. The number of hydrogen-bond donors (Lipinski definition) is 3. The Hall–Kier alpha value is -2.31. The molecule has 0 bridgehead atoms. The number of nitrogens with one attached hydrogen (secondary N) is 2. The van der Waals surface area contributed by atoms with Crippen LogP contribution in [0.2, 0.25) is 0 Å². The highest BCUT2D eigenvalue weighted by atomic mass is 32.2. The van der Waals surface area contributed by atoms with Crippen LogP contribution in [0, 0.1) is 0 Å². The fourth-order valence-corrected chi connectivity index (χ4v) is 3.14. The van der Waals surface area contributed by atoms with Crippen LogP contribution in [0.15, 0.2) is 53.7 Å². The molecule has 0 saturated carbocycles. The Labute approximate surface area is 138 Å². The van der Waals surface area contributed by atoms with Gasteiger partial charge in [0.15, 0.2) is 0 Å². The Morgan fingerprint density at radius 3 is 3.00 bits per heavy atom. The van der Waals surface area contributed by atoms with Gasteiger partial charge in [-0.15, -0.1) is 11.8 Å². The highest BCUT2D eigenvalue weighted by Crippen LogP contribution is 2.27. The Balaban J connectivity index is 1.77. The normalized spacial score (nSPS) is 10.8. The molecule has 3 N–H and O–H groups in total. The standard InChI is InChI=1S/C17H17N3O2S/c21-8-3-9-23-16-6-7-18-11-15(16)20-17(22)14-10-12-4-1-2-5-13(12)19-14/h1-2,4-7,10-11,19,21H,3,8-9H2,(H,20,22). The average Bonchev–Trinajstić information content (AvgIpc) is 3.01. The number of aromatic amines is 1. The molecule has 1 aromatic carbocycles. The molecule has 3 aromatic rings. The van der Waals surface area contributed by atoms with Crippen molar-refractivity contribution in [3.8, 4) is 0 Å². The number of amides is 1. The largest absolute Gasteiger partial charge is 0.396 e. The van der Waals surface area contributed by atoms with Gasteiger partial charge in [0.1, 0.15) is 5.69 Å². The molecule has 5 nitrogen and oxygen atoms in total. The van der Waals surface area contributed by atoms with E-state index in [2.05, 4.69) is 15.3 Å². The van der Waals surface area contributed by atoms with Crippen LogP contribution in [0.3, 0.4) is 0 Å². The number of rotatable bonds is 6. The first-order valence-corrected chi connectivity index (χ1v) is 8.33. The van der Waals surface area contributed by atoms with Gasteiger partial charge in [-0.05, 0) is 24.6 Å². The van der Waals surface area contributed by atoms with Crippen LogP contribution in [0.1, 0.15) is 16.9 Å². The molecule has 2 aromatic heterocycles. The first kappa shape index (κ1) is 15.6. The number of carbonyl (C=O) groups is 1. The van der Waals surface area contributed by atoms with E-state index in [-0.39, 0.29) is 12.5 Å². The van der Waals surface area contributed by atoms with E-state index in [4.69, 9.17) is 5.11 Å². The molecule has 1 amide bonds. The lowest BCUT2D eigenvalue weighted by atomic mass is 10.2. The highest BCUT2D eigenvalue weighted by molar-refractivity contribution is 7.99. The number of aromatic nitrogens is 2. The summed E-state index contributed by atoms with van der Waals surface area (Å²) in [5.74, 6) is 0.591. The summed E-state index contributed by atoms with van der Waals surface area (Å²) in [5.41, 5.74) is 2.13. The van der Waals surface area contributed by atoms with Crippen LogP contribution in [0.5, 0.6) is 0 Å². The molecule has 0 atom stereocenters. The van der Waals surface area contributed by atoms with Crippen LogP contribution in [-0.2, 0) is 0 Å². The summed E-state index contributed by atoms with van der Waals surface area (Å²) in [4.78, 5) is 20.6. The second kappa shape index (κ2) is 7.30. The van der Waals surface area contributed by atoms with Gasteiger partial charge in [0.2, 0.25) is 0 Å². The molecule has 0 aliphatic carbocycles. The van der Waals surface area contributed by atoms with Gasteiger partial charge < -0.3 is 15.4 Å². The molecule has 6 heteroatoms. The van der Waals surface area contributed by atoms with E-state index in [0.717, 1.165) is 21.6 Å². The summed E-state index contributed by atoms with van der Waals surface area (Å²) in [6.45, 7) is 0.162. The van der Waals surface area contributed by atoms with Gasteiger partial charge in [0, 0.05) is 34.4 Å². The lowest BCUT2D eigenvalue weighted by molar-refractivity contribution is 0.102. The monoisotopic (exact) mass is 327 g/mol. The second-order valence-electron chi connectivity index (χ2n) is 5.02. The molecule has 0 spiro atoms. The number of fused-ring (bicyclic) bond motifs is 1. The summed E-state index contributed by atoms with van der Waals surface area (Å²) < 4.78 is 0. The van der Waals surface area contributed by atoms with Crippen LogP contribution in [0.4, 0.5) is 5.69 Å². The third kappa shape index (κ3) is 3.72. The minimum atomic E-state index is -0.196. The maximum atomic E-state index is 12.4. The topological polar surface area (TPSA) is 78.0 Å². The summed E-state index contributed by atoms with van der Waals surface area (Å²) in [6, 6.07) is 11.5. The lowest BCUT2D eigenvalue weighted by Crippen LogP contribution is -2.13. The molecular formula is C17H17N3O2S. The van der Waals surface area contributed by atoms with Gasteiger partial charge in [-0.1, -0.05) is 18.2 Å². The summed E-state index contributed by atoms with van der Waals surface area (Å²) in [6.07, 6.45) is 4.05. The van der Waals surface area contributed by atoms with Gasteiger partial charge in [-0.25, -0.2) is 0 Å². The van der Waals surface area contributed by atoms with Gasteiger partial charge in [-0.2, -0.15) is 0 Å². The Morgan fingerprint density at radius 2 is 2.17 bits per heavy atom. The third-order valence-corrected chi connectivity index (χ3v) is 4.52. The van der Waals surface area contributed by atoms with Crippen molar-refractivity contribution < 1.29 is 9.90 Å². The SMILES string of the molecule is O=C(Nc1cnccc1SCCCO)c1cc2ccccc2[nH]1. The Kier molecular flexibility index (Phi) is 4.95. The molecule has 0 fully saturated rings. The molecule has 0 unspecified atom stereocenters. The number of hydrogen-bond acceptors (Lipinski definition) is 4. The number of H-pyrrole nitrogens is 1. The zero-order chi connectivity index (χ0) is 16.1. The number of anilines is 1. The third-order valence-electron chi connectivity index (χ3n) is 3.36. The molecule has 3 rings (SSSR count). The van der Waals surface area contributed by atoms with E-state index in [1.807, 2.05) is 36.4 Å². The van der Waals surface area contributed by atoms with Crippen LogP contribution in [0.25, 0.3) is 10.9 Å². The van der Waals surface area contributed by atoms with Crippen molar-refractivity contribution >= 4 is 34.3 Å². The summed E-state index contributed by atoms with van der Waals surface area (Å²) in [7, 11) is 0. The fourth-order valence-electron chi connectivity index (χ4n) is 2.23. The molecular weight excluding hydrogens is 310 g/mol. The quantitative estimate of drug-likeness (QED) is 0.479. The second-order valence-corrected chi connectivity index (χ2v) is 6.16. The molecule has 0 aliphatic heterocycles. The summed E-state index contributed by atoms with van der Waals surface area (Å²) in [5, 5.41) is 12.8. The maximum absolute atomic E-state index is 12.4. The zero-order valence-corrected chi connectivity index (χ0v) is 13.3. The van der Waals surface area contributed by atoms with Gasteiger partial charge in [-0.3, -0.25) is 9.78 Å². The molecule has 2 heterocycles. The van der Waals surface area contributed by atoms with Gasteiger partial charge >= 0.3 is 0 Å². The predicted octanol–water partition coefficient (Wildman–Crippen LogP) is 3.29. The van der Waals surface area contributed by atoms with E-state index < -0.39 is 0 Å². The molecule has 0 radical (unpaired) electrons. The molecule has 0 aliphatic rings.